The Kier molecular flexibility index (Phi) is 13.5. The highest BCUT2D eigenvalue weighted by Crippen LogP contribution is 2.42. The fraction of sp³-hybridized carbons (Fsp3) is 0.514. The van der Waals surface area contributed by atoms with Gasteiger partial charge in [-0.15, -0.1) is 45.3 Å². The molecule has 4 aromatic heterocycles. The van der Waals surface area contributed by atoms with Crippen molar-refractivity contribution in [2.75, 3.05) is 163 Å². The first-order valence-corrected chi connectivity index (χ1v) is 21.4. The molecule has 0 unspecified atom stereocenters. The Hall–Kier alpha value is -3.37. The molecule has 19 heteroatoms. The first-order valence-electron chi connectivity index (χ1n) is 17.7. The summed E-state index contributed by atoms with van der Waals surface area (Å²) in [5, 5.41) is 17.7. The Bertz CT molecular complexity index is 1540. The van der Waals surface area contributed by atoms with E-state index in [0.717, 1.165) is 80.0 Å². The third-order valence-electron chi connectivity index (χ3n) is 9.58. The Morgan fingerprint density at radius 3 is 0.722 bits per heavy atom. The average molecular weight is 817 g/mol. The lowest BCUT2D eigenvalue weighted by Gasteiger charge is -2.48. The summed E-state index contributed by atoms with van der Waals surface area (Å²) < 4.78 is 0. The molecule has 8 heterocycles. The molecule has 4 aromatic rings. The van der Waals surface area contributed by atoms with E-state index in [1.807, 2.05) is 51.6 Å². The van der Waals surface area contributed by atoms with Crippen LogP contribution in [0.25, 0.3) is 0 Å². The van der Waals surface area contributed by atoms with Crippen molar-refractivity contribution in [3.8, 4) is 0 Å². The molecule has 4 aliphatic rings. The van der Waals surface area contributed by atoms with Crippen LogP contribution in [0.3, 0.4) is 0 Å². The zero-order valence-corrected chi connectivity index (χ0v) is 35.6. The van der Waals surface area contributed by atoms with Gasteiger partial charge in [-0.3, -0.25) is 29.4 Å². The second-order valence-electron chi connectivity index (χ2n) is 14.8. The molecule has 0 amide bonds. The Labute approximate surface area is 336 Å². The van der Waals surface area contributed by atoms with Crippen LogP contribution in [0.4, 0.5) is 45.5 Å². The second kappa shape index (κ2) is 18.1. The number of nitrogen functional groups attached to an aromatic ring is 2. The highest BCUT2D eigenvalue weighted by molar-refractivity contribution is 7.09. The van der Waals surface area contributed by atoms with E-state index in [4.69, 9.17) is 16.3 Å². The van der Waals surface area contributed by atoms with Crippen LogP contribution >= 0.6 is 45.3 Å². The minimum absolute atomic E-state index is 0.685. The zero-order chi connectivity index (χ0) is 38.5. The highest BCUT2D eigenvalue weighted by atomic mass is 32.1. The van der Waals surface area contributed by atoms with E-state index in [1.165, 1.54) is 45.5 Å². The Morgan fingerprint density at radius 2 is 0.537 bits per heavy atom. The van der Waals surface area contributed by atoms with Gasteiger partial charge < -0.3 is 45.7 Å². The monoisotopic (exact) mass is 816 g/mol. The molecule has 4 aliphatic heterocycles. The standard InChI is InChI=1S/C30H48N12S3.C4H6N2S.CH2O/c1-31-13-32(2)17-37(16-31)25-7-43-10-28(25)40-22-41(29-11-44-8-26(29)38-18-33(3)14-34(4)19-38)24-42(23-40)30-12-45-9-27(30)39-20-35(5)15-36(6)21-39;5-3-1-7-2-4(3)6;1-2/h7-12H,13-24H2,1-6H3;1-2H,5-6H2;1H2. The van der Waals surface area contributed by atoms with Gasteiger partial charge in [-0.2, -0.15) is 0 Å². The number of nitrogens with zero attached hydrogens (tertiary/aromatic N) is 12. The van der Waals surface area contributed by atoms with Gasteiger partial charge in [0.05, 0.1) is 126 Å². The van der Waals surface area contributed by atoms with Gasteiger partial charge in [-0.05, 0) is 42.3 Å². The molecule has 4 fully saturated rings. The quantitative estimate of drug-likeness (QED) is 0.293. The molecular formula is C35H56N14OS4. The maximum absolute atomic E-state index is 8.00. The van der Waals surface area contributed by atoms with E-state index in [1.54, 1.807) is 0 Å². The van der Waals surface area contributed by atoms with Crippen molar-refractivity contribution in [3.63, 3.8) is 0 Å². The molecular weight excluding hydrogens is 761 g/mol. The minimum atomic E-state index is 0.685. The maximum atomic E-state index is 8.00. The number of hydrogen-bond acceptors (Lipinski definition) is 19. The van der Waals surface area contributed by atoms with E-state index in [9.17, 15) is 0 Å². The Balaban J connectivity index is 0.000000492. The predicted octanol–water partition coefficient (Wildman–Crippen LogP) is 3.97. The van der Waals surface area contributed by atoms with Crippen LogP contribution in [0.1, 0.15) is 0 Å². The van der Waals surface area contributed by atoms with Crippen LogP contribution in [0.2, 0.25) is 0 Å². The number of nitrogens with two attached hydrogens (primary N) is 2. The van der Waals surface area contributed by atoms with Gasteiger partial charge in [-0.1, -0.05) is 0 Å². The lowest BCUT2D eigenvalue weighted by molar-refractivity contribution is -0.0980. The highest BCUT2D eigenvalue weighted by Gasteiger charge is 2.33. The maximum Gasteiger partial charge on any atom is 0.106 e. The minimum Gasteiger partial charge on any atom is -0.396 e. The molecule has 54 heavy (non-hydrogen) atoms. The van der Waals surface area contributed by atoms with Crippen LogP contribution in [-0.2, 0) is 4.79 Å². The molecule has 8 rings (SSSR count). The smallest absolute Gasteiger partial charge is 0.106 e. The van der Waals surface area contributed by atoms with Crippen molar-refractivity contribution < 1.29 is 4.79 Å². The normalized spacial score (nSPS) is 20.3. The fourth-order valence-corrected chi connectivity index (χ4v) is 10.9. The molecule has 0 atom stereocenters. The van der Waals surface area contributed by atoms with Crippen LogP contribution in [0.15, 0.2) is 43.0 Å². The fourth-order valence-electron chi connectivity index (χ4n) is 7.64. The molecule has 0 bridgehead atoms. The number of thiophene rings is 4. The summed E-state index contributed by atoms with van der Waals surface area (Å²) in [6.45, 7) is 13.1. The number of rotatable bonds is 6. The van der Waals surface area contributed by atoms with Crippen LogP contribution in [-0.4, -0.2) is 158 Å². The number of anilines is 8. The SMILES string of the molecule is C=O.CN1CN(C)CN(c2cscc2N2CN(c3cscc3N3CN(C)CN(C)C3)CN(c3cscc3N3CN(C)CN(C)C3)C2)C1.Nc1cscc1N. The van der Waals surface area contributed by atoms with Crippen LogP contribution < -0.4 is 40.9 Å². The predicted molar refractivity (Wildman–Crippen MR) is 233 cm³/mol. The second-order valence-corrected chi connectivity index (χ2v) is 17.8. The van der Waals surface area contributed by atoms with Crippen molar-refractivity contribution in [1.29, 1.82) is 0 Å². The molecule has 0 spiro atoms. The number of hydrogen-bond donors (Lipinski definition) is 2. The summed E-state index contributed by atoms with van der Waals surface area (Å²) in [4.78, 5) is 37.6. The van der Waals surface area contributed by atoms with Gasteiger partial charge in [0.15, 0.2) is 0 Å². The third kappa shape index (κ3) is 9.35. The zero-order valence-electron chi connectivity index (χ0n) is 32.4. The first-order chi connectivity index (χ1) is 26.0. The summed E-state index contributed by atoms with van der Waals surface area (Å²) >= 11 is 6.96. The van der Waals surface area contributed by atoms with Gasteiger partial charge >= 0.3 is 0 Å². The van der Waals surface area contributed by atoms with Crippen molar-refractivity contribution in [3.05, 3.63) is 43.0 Å². The van der Waals surface area contributed by atoms with Gasteiger partial charge in [0, 0.05) is 43.0 Å². The first kappa shape index (κ1) is 40.3. The van der Waals surface area contributed by atoms with E-state index >= 15 is 0 Å². The van der Waals surface area contributed by atoms with E-state index in [0.29, 0.717) is 11.4 Å². The van der Waals surface area contributed by atoms with E-state index < -0.39 is 0 Å². The van der Waals surface area contributed by atoms with E-state index in [2.05, 4.69) is 133 Å². The average Bonchev–Trinajstić information content (AvgIpc) is 3.96. The number of carbonyl (C=O) groups excluding carboxylic acids is 1. The molecule has 0 saturated carbocycles. The molecule has 0 aliphatic carbocycles. The molecule has 4 saturated heterocycles. The number of carbonyl (C=O) groups is 1. The van der Waals surface area contributed by atoms with Gasteiger partial charge in [-0.25, -0.2) is 0 Å². The van der Waals surface area contributed by atoms with Crippen LogP contribution in [0, 0.1) is 0 Å². The van der Waals surface area contributed by atoms with Crippen molar-refractivity contribution in [2.24, 2.45) is 0 Å². The lowest BCUT2D eigenvalue weighted by Crippen LogP contribution is -2.57. The molecule has 0 aromatic carbocycles. The van der Waals surface area contributed by atoms with Crippen molar-refractivity contribution >= 4 is 97.6 Å². The van der Waals surface area contributed by atoms with Crippen LogP contribution in [0.5, 0.6) is 0 Å². The van der Waals surface area contributed by atoms with Crippen molar-refractivity contribution in [1.82, 2.24) is 29.4 Å². The molecule has 0 radical (unpaired) electrons. The third-order valence-corrected chi connectivity index (χ3v) is 12.5. The van der Waals surface area contributed by atoms with Gasteiger partial charge in [0.2, 0.25) is 0 Å². The summed E-state index contributed by atoms with van der Waals surface area (Å²) in [5.74, 6) is 0. The lowest BCUT2D eigenvalue weighted by atomic mass is 10.2. The largest absolute Gasteiger partial charge is 0.396 e. The van der Waals surface area contributed by atoms with E-state index in [-0.39, 0.29) is 0 Å². The van der Waals surface area contributed by atoms with Crippen molar-refractivity contribution in [2.45, 2.75) is 0 Å². The Morgan fingerprint density at radius 1 is 0.352 bits per heavy atom. The summed E-state index contributed by atoms with van der Waals surface area (Å²) in [6.07, 6.45) is 0. The molecule has 296 valence electrons. The van der Waals surface area contributed by atoms with Gasteiger partial charge in [0.25, 0.3) is 0 Å². The summed E-state index contributed by atoms with van der Waals surface area (Å²) in [5.41, 5.74) is 20.0. The molecule has 4 N–H and O–H groups in total. The summed E-state index contributed by atoms with van der Waals surface area (Å²) in [7, 11) is 13.3. The van der Waals surface area contributed by atoms with Gasteiger partial charge in [0.1, 0.15) is 6.79 Å². The summed E-state index contributed by atoms with van der Waals surface area (Å²) in [6, 6.07) is 0. The topological polar surface area (TPSA) is 108 Å². The molecule has 15 nitrogen and oxygen atoms in total.